The van der Waals surface area contributed by atoms with Crippen LogP contribution in [0.4, 0.5) is 5.69 Å². The largest absolute Gasteiger partial charge is 0.481 e. The molecule has 0 amide bonds. The maximum absolute atomic E-state index is 12.2. The molecule has 1 heterocycles. The highest BCUT2D eigenvalue weighted by molar-refractivity contribution is 7.92. The van der Waals surface area contributed by atoms with E-state index in [9.17, 15) is 13.2 Å². The Morgan fingerprint density at radius 1 is 1.14 bits per heavy atom. The van der Waals surface area contributed by atoms with Crippen molar-refractivity contribution in [2.24, 2.45) is 0 Å². The first-order valence-corrected chi connectivity index (χ1v) is 7.54. The number of sulfonamides is 1. The predicted octanol–water partition coefficient (Wildman–Crippen LogP) is 2.09. The number of methoxy groups -OCH3 is 1. The molecule has 0 fully saturated rings. The van der Waals surface area contributed by atoms with E-state index in [1.807, 2.05) is 0 Å². The number of ether oxygens (including phenoxy) is 1. The van der Waals surface area contributed by atoms with Gasteiger partial charge in [0, 0.05) is 11.6 Å². The van der Waals surface area contributed by atoms with Crippen molar-refractivity contribution in [3.8, 4) is 5.88 Å². The van der Waals surface area contributed by atoms with Gasteiger partial charge in [-0.25, -0.2) is 13.4 Å². The van der Waals surface area contributed by atoms with E-state index < -0.39 is 10.0 Å². The average Bonchev–Trinajstić information content (AvgIpc) is 2.48. The van der Waals surface area contributed by atoms with Gasteiger partial charge in [-0.1, -0.05) is 12.1 Å². The van der Waals surface area contributed by atoms with Gasteiger partial charge in [0.15, 0.2) is 5.78 Å². The molecule has 0 radical (unpaired) electrons. The van der Waals surface area contributed by atoms with Gasteiger partial charge < -0.3 is 4.74 Å². The number of nitrogens with zero attached hydrogens (tertiary/aromatic N) is 1. The van der Waals surface area contributed by atoms with Gasteiger partial charge in [0.2, 0.25) is 5.88 Å². The van der Waals surface area contributed by atoms with E-state index in [1.54, 1.807) is 12.1 Å². The summed E-state index contributed by atoms with van der Waals surface area (Å²) in [6.45, 7) is 1.42. The molecule has 0 saturated heterocycles. The van der Waals surface area contributed by atoms with Crippen LogP contribution in [0, 0.1) is 0 Å². The van der Waals surface area contributed by atoms with Crippen molar-refractivity contribution in [1.29, 1.82) is 0 Å². The summed E-state index contributed by atoms with van der Waals surface area (Å²) >= 11 is 0. The Balaban J connectivity index is 2.22. The number of benzene rings is 1. The van der Waals surface area contributed by atoms with Crippen molar-refractivity contribution < 1.29 is 17.9 Å². The number of hydrogen-bond donors (Lipinski definition) is 1. The summed E-state index contributed by atoms with van der Waals surface area (Å²) in [5, 5.41) is 0. The van der Waals surface area contributed by atoms with Crippen molar-refractivity contribution in [3.05, 3.63) is 48.2 Å². The van der Waals surface area contributed by atoms with Crippen molar-refractivity contribution >= 4 is 21.5 Å². The number of nitrogens with one attached hydrogen (secondary N) is 1. The molecule has 110 valence electrons. The first kappa shape index (κ1) is 15.0. The number of carbonyl (C=O) groups excluding carboxylic acids is 1. The van der Waals surface area contributed by atoms with Crippen LogP contribution in [0.2, 0.25) is 0 Å². The van der Waals surface area contributed by atoms with E-state index in [0.717, 1.165) is 0 Å². The summed E-state index contributed by atoms with van der Waals surface area (Å²) in [6, 6.07) is 8.82. The van der Waals surface area contributed by atoms with E-state index in [2.05, 4.69) is 9.71 Å². The fourth-order valence-corrected chi connectivity index (χ4v) is 2.69. The summed E-state index contributed by atoms with van der Waals surface area (Å²) in [5.41, 5.74) is 0.784. The summed E-state index contributed by atoms with van der Waals surface area (Å²) in [5.74, 6) is 0.273. The molecule has 2 rings (SSSR count). The number of carbonyl (C=O) groups is 1. The minimum Gasteiger partial charge on any atom is -0.481 e. The van der Waals surface area contributed by atoms with Gasteiger partial charge in [0.25, 0.3) is 10.0 Å². The summed E-state index contributed by atoms with van der Waals surface area (Å²) in [7, 11) is -2.24. The Morgan fingerprint density at radius 2 is 1.81 bits per heavy atom. The standard InChI is InChI=1S/C14H14N2O4S/c1-10(17)11-3-6-13(7-4-11)21(18,19)16-12-5-8-14(20-2)15-9-12/h3-9,16H,1-2H3. The molecule has 0 unspecified atom stereocenters. The summed E-state index contributed by atoms with van der Waals surface area (Å²) < 4.78 is 31.7. The molecular weight excluding hydrogens is 292 g/mol. The third kappa shape index (κ3) is 3.57. The summed E-state index contributed by atoms with van der Waals surface area (Å²) in [4.78, 5) is 15.2. The molecule has 6 nitrogen and oxygen atoms in total. The van der Waals surface area contributed by atoms with Gasteiger partial charge in [0.1, 0.15) is 0 Å². The first-order chi connectivity index (χ1) is 9.92. The number of Topliss-reactive ketones (excluding diaryl/α,β-unsaturated/α-hetero) is 1. The quantitative estimate of drug-likeness (QED) is 0.855. The molecule has 1 N–H and O–H groups in total. The molecule has 1 aromatic heterocycles. The highest BCUT2D eigenvalue weighted by Crippen LogP contribution is 2.17. The Morgan fingerprint density at radius 3 is 2.29 bits per heavy atom. The second kappa shape index (κ2) is 5.92. The second-order valence-electron chi connectivity index (χ2n) is 4.28. The molecule has 0 saturated carbocycles. The fraction of sp³-hybridized carbons (Fsp3) is 0.143. The number of pyridine rings is 1. The van der Waals surface area contributed by atoms with Crippen molar-refractivity contribution in [3.63, 3.8) is 0 Å². The number of rotatable bonds is 5. The van der Waals surface area contributed by atoms with E-state index in [-0.39, 0.29) is 10.7 Å². The molecule has 0 aliphatic rings. The molecule has 0 atom stereocenters. The Labute approximate surface area is 122 Å². The second-order valence-corrected chi connectivity index (χ2v) is 5.96. The molecule has 0 spiro atoms. The number of anilines is 1. The monoisotopic (exact) mass is 306 g/mol. The van der Waals surface area contributed by atoms with Crippen molar-refractivity contribution in [1.82, 2.24) is 4.98 Å². The zero-order valence-corrected chi connectivity index (χ0v) is 12.3. The predicted molar refractivity (Wildman–Crippen MR) is 78.0 cm³/mol. The minimum atomic E-state index is -3.72. The molecule has 0 aliphatic heterocycles. The zero-order chi connectivity index (χ0) is 15.5. The lowest BCUT2D eigenvalue weighted by molar-refractivity contribution is 0.101. The molecular formula is C14H14N2O4S. The molecule has 7 heteroatoms. The lowest BCUT2D eigenvalue weighted by Gasteiger charge is -2.08. The molecule has 1 aromatic carbocycles. The lowest BCUT2D eigenvalue weighted by Crippen LogP contribution is -2.13. The summed E-state index contributed by atoms with van der Waals surface area (Å²) in [6.07, 6.45) is 1.36. The zero-order valence-electron chi connectivity index (χ0n) is 11.5. The van der Waals surface area contributed by atoms with Crippen LogP contribution >= 0.6 is 0 Å². The highest BCUT2D eigenvalue weighted by Gasteiger charge is 2.14. The van der Waals surface area contributed by atoms with E-state index in [1.165, 1.54) is 44.5 Å². The maximum atomic E-state index is 12.2. The smallest absolute Gasteiger partial charge is 0.261 e. The average molecular weight is 306 g/mol. The van der Waals surface area contributed by atoms with Crippen LogP contribution in [-0.2, 0) is 10.0 Å². The SMILES string of the molecule is COc1ccc(NS(=O)(=O)c2ccc(C(C)=O)cc2)cn1. The first-order valence-electron chi connectivity index (χ1n) is 6.06. The van der Waals surface area contributed by atoms with Crippen molar-refractivity contribution in [2.75, 3.05) is 11.8 Å². The van der Waals surface area contributed by atoms with Gasteiger partial charge in [-0.3, -0.25) is 9.52 Å². The maximum Gasteiger partial charge on any atom is 0.261 e. The Bertz CT molecular complexity index is 738. The van der Waals surface area contributed by atoms with Gasteiger partial charge in [0.05, 0.1) is 23.9 Å². The third-order valence-electron chi connectivity index (χ3n) is 2.77. The number of aromatic nitrogens is 1. The topological polar surface area (TPSA) is 85.4 Å². The van der Waals surface area contributed by atoms with E-state index >= 15 is 0 Å². The van der Waals surface area contributed by atoms with Crippen LogP contribution in [0.1, 0.15) is 17.3 Å². The lowest BCUT2D eigenvalue weighted by atomic mass is 10.2. The van der Waals surface area contributed by atoms with Crippen LogP contribution in [0.5, 0.6) is 5.88 Å². The normalized spacial score (nSPS) is 11.0. The number of hydrogen-bond acceptors (Lipinski definition) is 5. The van der Waals surface area contributed by atoms with Crippen LogP contribution < -0.4 is 9.46 Å². The molecule has 2 aromatic rings. The van der Waals surface area contributed by atoms with Crippen LogP contribution in [-0.4, -0.2) is 26.3 Å². The van der Waals surface area contributed by atoms with Crippen LogP contribution in [0.15, 0.2) is 47.5 Å². The van der Waals surface area contributed by atoms with Gasteiger partial charge in [-0.05, 0) is 25.1 Å². The molecule has 21 heavy (non-hydrogen) atoms. The van der Waals surface area contributed by atoms with Gasteiger partial charge in [-0.15, -0.1) is 0 Å². The highest BCUT2D eigenvalue weighted by atomic mass is 32.2. The van der Waals surface area contributed by atoms with Crippen LogP contribution in [0.25, 0.3) is 0 Å². The third-order valence-corrected chi connectivity index (χ3v) is 4.17. The fourth-order valence-electron chi connectivity index (χ4n) is 1.64. The van der Waals surface area contributed by atoms with Crippen LogP contribution in [0.3, 0.4) is 0 Å². The van der Waals surface area contributed by atoms with Gasteiger partial charge in [-0.2, -0.15) is 0 Å². The van der Waals surface area contributed by atoms with Crippen molar-refractivity contribution in [2.45, 2.75) is 11.8 Å². The Hall–Kier alpha value is -2.41. The Kier molecular flexibility index (Phi) is 4.23. The minimum absolute atomic E-state index is 0.0725. The van der Waals surface area contributed by atoms with E-state index in [4.69, 9.17) is 4.74 Å². The molecule has 0 bridgehead atoms. The van der Waals surface area contributed by atoms with Gasteiger partial charge >= 0.3 is 0 Å². The van der Waals surface area contributed by atoms with E-state index in [0.29, 0.717) is 17.1 Å². The number of ketones is 1. The molecule has 0 aliphatic carbocycles.